The second-order valence-corrected chi connectivity index (χ2v) is 15.2. The van der Waals surface area contributed by atoms with E-state index in [9.17, 15) is 4.57 Å². The van der Waals surface area contributed by atoms with Gasteiger partial charge in [-0.3, -0.25) is 0 Å². The van der Waals surface area contributed by atoms with Gasteiger partial charge in [-0.25, -0.2) is 0 Å². The standard InChI is InChI=1S/C23H22N.C22H16OP.Ir/c1-3-7-18(8-4-1)19-11-13-20(14-12-19)22-15-16-24-23(17-22)21-9-5-2-6-10-21;23-24(20-11-3-1-4-12-20,21-13-5-2-6-14-21)22-16-15-18-9-7-8-10-19(18)17-22;/h1-9,15-17,19-20H,11-14H2;1-15,17H;/q2*-1;. The van der Waals surface area contributed by atoms with Gasteiger partial charge in [0.15, 0.2) is 0 Å². The van der Waals surface area contributed by atoms with E-state index in [4.69, 9.17) is 0 Å². The minimum Gasteiger partial charge on any atom is -0.311 e. The minimum absolute atomic E-state index is 0. The van der Waals surface area contributed by atoms with Gasteiger partial charge in [0.05, 0.1) is 0 Å². The summed E-state index contributed by atoms with van der Waals surface area (Å²) in [6.07, 6.45) is 7.05. The smallest absolute Gasteiger partial charge is 0.147 e. The maximum absolute atomic E-state index is 14.2. The predicted octanol–water partition coefficient (Wildman–Crippen LogP) is 10.3. The Bertz CT molecular complexity index is 2070. The van der Waals surface area contributed by atoms with Crippen molar-refractivity contribution in [3.8, 4) is 11.3 Å². The Morgan fingerprint density at radius 2 is 1.10 bits per heavy atom. The number of nitrogens with zero attached hydrogens (tertiary/aromatic N) is 1. The quantitative estimate of drug-likeness (QED) is 0.123. The number of pyridine rings is 1. The van der Waals surface area contributed by atoms with Gasteiger partial charge in [0.25, 0.3) is 0 Å². The molecule has 0 bridgehead atoms. The summed E-state index contributed by atoms with van der Waals surface area (Å²) in [5.41, 5.74) is 5.06. The molecule has 1 aliphatic carbocycles. The molecule has 0 unspecified atom stereocenters. The van der Waals surface area contributed by atoms with Crippen molar-refractivity contribution < 1.29 is 24.7 Å². The first-order valence-corrected chi connectivity index (χ1v) is 18.5. The van der Waals surface area contributed by atoms with Crippen molar-refractivity contribution in [1.29, 1.82) is 0 Å². The Labute approximate surface area is 304 Å². The zero-order chi connectivity index (χ0) is 32.6. The zero-order valence-corrected chi connectivity index (χ0v) is 30.6. The van der Waals surface area contributed by atoms with E-state index in [-0.39, 0.29) is 20.1 Å². The zero-order valence-electron chi connectivity index (χ0n) is 27.3. The average Bonchev–Trinajstić information content (AvgIpc) is 3.19. The Kier molecular flexibility index (Phi) is 11.5. The molecule has 245 valence electrons. The van der Waals surface area contributed by atoms with Crippen LogP contribution in [-0.2, 0) is 24.7 Å². The maximum atomic E-state index is 14.2. The molecule has 6 aromatic carbocycles. The summed E-state index contributed by atoms with van der Waals surface area (Å²) in [5.74, 6) is 1.39. The largest absolute Gasteiger partial charge is 0.311 e. The number of hydrogen-bond donors (Lipinski definition) is 0. The van der Waals surface area contributed by atoms with Crippen LogP contribution in [0, 0.1) is 12.1 Å². The summed E-state index contributed by atoms with van der Waals surface area (Å²) in [7, 11) is -2.94. The molecule has 1 heterocycles. The third-order valence-corrected chi connectivity index (χ3v) is 12.5. The van der Waals surface area contributed by atoms with Gasteiger partial charge >= 0.3 is 0 Å². The van der Waals surface area contributed by atoms with Crippen LogP contribution in [0.1, 0.15) is 48.6 Å². The van der Waals surface area contributed by atoms with Crippen LogP contribution in [0.2, 0.25) is 0 Å². The van der Waals surface area contributed by atoms with Crippen LogP contribution < -0.4 is 15.9 Å². The first-order valence-electron chi connectivity index (χ1n) is 16.8. The first kappa shape index (κ1) is 34.5. The van der Waals surface area contributed by atoms with E-state index < -0.39 is 7.14 Å². The molecule has 1 aromatic heterocycles. The van der Waals surface area contributed by atoms with Gasteiger partial charge in [-0.1, -0.05) is 126 Å². The van der Waals surface area contributed by atoms with Crippen molar-refractivity contribution in [2.45, 2.75) is 37.5 Å². The van der Waals surface area contributed by atoms with Crippen molar-refractivity contribution in [1.82, 2.24) is 4.98 Å². The summed E-state index contributed by atoms with van der Waals surface area (Å²) < 4.78 is 14.2. The van der Waals surface area contributed by atoms with Crippen LogP contribution >= 0.6 is 7.14 Å². The summed E-state index contributed by atoms with van der Waals surface area (Å²) in [4.78, 5) is 4.54. The number of fused-ring (bicyclic) bond motifs is 1. The molecular weight excluding hydrogens is 794 g/mol. The van der Waals surface area contributed by atoms with Gasteiger partial charge in [0.1, 0.15) is 7.14 Å². The van der Waals surface area contributed by atoms with Crippen LogP contribution in [0.5, 0.6) is 0 Å². The molecule has 1 aliphatic rings. The second kappa shape index (κ2) is 16.3. The fourth-order valence-electron chi connectivity index (χ4n) is 6.89. The van der Waals surface area contributed by atoms with E-state index >= 15 is 0 Å². The fraction of sp³-hybridized carbons (Fsp3) is 0.133. The maximum Gasteiger partial charge on any atom is 0.147 e. The third-order valence-electron chi connectivity index (χ3n) is 9.48. The molecule has 0 N–H and O–H groups in total. The number of aromatic nitrogens is 1. The predicted molar refractivity (Wildman–Crippen MR) is 201 cm³/mol. The first-order chi connectivity index (χ1) is 23.7. The number of rotatable bonds is 6. The van der Waals surface area contributed by atoms with Crippen LogP contribution in [0.4, 0.5) is 0 Å². The number of benzene rings is 6. The van der Waals surface area contributed by atoms with Gasteiger partial charge in [0.2, 0.25) is 0 Å². The van der Waals surface area contributed by atoms with Gasteiger partial charge in [-0.2, -0.15) is 18.2 Å². The van der Waals surface area contributed by atoms with E-state index in [1.807, 2.05) is 121 Å². The monoisotopic (exact) mass is 832 g/mol. The second-order valence-electron chi connectivity index (χ2n) is 12.4. The molecule has 1 radical (unpaired) electrons. The van der Waals surface area contributed by atoms with E-state index in [1.165, 1.54) is 36.8 Å². The van der Waals surface area contributed by atoms with E-state index in [2.05, 4.69) is 65.6 Å². The van der Waals surface area contributed by atoms with Gasteiger partial charge < -0.3 is 9.55 Å². The molecule has 4 heteroatoms. The molecule has 0 atom stereocenters. The summed E-state index contributed by atoms with van der Waals surface area (Å²) >= 11 is 0. The SMILES string of the molecule is O=P(c1[c-]cc2ccccc2c1)(c1ccccc1)c1ccccc1.[Ir].[c-]1ccccc1-c1cc(C2CCC(c3ccccc3)CC2)ccn1. The van der Waals surface area contributed by atoms with Crippen LogP contribution in [0.25, 0.3) is 22.0 Å². The normalized spacial score (nSPS) is 15.8. The average molecular weight is 832 g/mol. The summed E-state index contributed by atoms with van der Waals surface area (Å²) in [6, 6.07) is 61.5. The summed E-state index contributed by atoms with van der Waals surface area (Å²) in [5, 5.41) is 4.61. The van der Waals surface area contributed by atoms with Gasteiger partial charge in [-0.15, -0.1) is 52.7 Å². The van der Waals surface area contributed by atoms with Crippen molar-refractivity contribution in [3.63, 3.8) is 0 Å². The minimum atomic E-state index is -2.94. The van der Waals surface area contributed by atoms with Crippen molar-refractivity contribution in [2.75, 3.05) is 0 Å². The Hall–Kier alpha value is -4.39. The number of hydrogen-bond acceptors (Lipinski definition) is 2. The van der Waals surface area contributed by atoms with Gasteiger partial charge in [0, 0.05) is 36.9 Å². The van der Waals surface area contributed by atoms with E-state index in [0.29, 0.717) is 5.92 Å². The van der Waals surface area contributed by atoms with Crippen molar-refractivity contribution in [3.05, 3.63) is 193 Å². The molecule has 49 heavy (non-hydrogen) atoms. The Morgan fingerprint density at radius 3 is 1.71 bits per heavy atom. The molecule has 0 amide bonds. The molecule has 2 nitrogen and oxygen atoms in total. The van der Waals surface area contributed by atoms with Crippen molar-refractivity contribution in [2.24, 2.45) is 0 Å². The topological polar surface area (TPSA) is 30.0 Å². The van der Waals surface area contributed by atoms with E-state index in [0.717, 1.165) is 43.9 Å². The molecule has 7 aromatic rings. The molecule has 1 saturated carbocycles. The van der Waals surface area contributed by atoms with Gasteiger partial charge in [-0.05, 0) is 54.8 Å². The molecule has 0 spiro atoms. The summed E-state index contributed by atoms with van der Waals surface area (Å²) in [6.45, 7) is 0. The fourth-order valence-corrected chi connectivity index (χ4v) is 9.49. The van der Waals surface area contributed by atoms with E-state index in [1.54, 1.807) is 0 Å². The Balaban J connectivity index is 0.000000167. The third kappa shape index (κ3) is 7.92. The van der Waals surface area contributed by atoms with Crippen LogP contribution in [0.3, 0.4) is 0 Å². The van der Waals surface area contributed by atoms with Crippen LogP contribution in [0.15, 0.2) is 170 Å². The molecule has 1 fully saturated rings. The molecule has 0 saturated heterocycles. The molecular formula is C45H38IrNOP-2. The molecule has 0 aliphatic heterocycles. The Morgan fingerprint density at radius 1 is 0.551 bits per heavy atom. The molecule has 8 rings (SSSR count). The van der Waals surface area contributed by atoms with Crippen LogP contribution in [-0.4, -0.2) is 4.98 Å². The van der Waals surface area contributed by atoms with Crippen molar-refractivity contribution >= 4 is 33.8 Å².